The highest BCUT2D eigenvalue weighted by molar-refractivity contribution is 5.85. The first-order valence-electron chi connectivity index (χ1n) is 6.27. The summed E-state index contributed by atoms with van der Waals surface area (Å²) in [5.41, 5.74) is 2.53. The number of carbonyl (C=O) groups excluding carboxylic acids is 1. The van der Waals surface area contributed by atoms with Crippen LogP contribution in [0, 0.1) is 0 Å². The van der Waals surface area contributed by atoms with Crippen LogP contribution in [0.4, 0.5) is 0 Å². The van der Waals surface area contributed by atoms with Gasteiger partial charge in [0.1, 0.15) is 0 Å². The minimum absolute atomic E-state index is 0.210. The smallest absolute Gasteiger partial charge is 0.0715 e. The second-order valence-electron chi connectivity index (χ2n) is 4.34. The van der Waals surface area contributed by atoms with E-state index >= 15 is 0 Å². The molecule has 0 aliphatic rings. The number of aromatic carboxylic acids is 1. The standard InChI is InChI=1S/C17H16O2/c18-17(19)16-12-10-15(11-13-16)9-5-4-8-14-6-2-1-3-7-14/h1-3,5-7,9-13H,4,8H2,(H,18,19)/p-1/b9-5+. The van der Waals surface area contributed by atoms with Gasteiger partial charge in [0, 0.05) is 0 Å². The number of benzene rings is 2. The molecule has 0 aliphatic heterocycles. The Morgan fingerprint density at radius 2 is 1.68 bits per heavy atom. The number of carboxylic acids is 1. The van der Waals surface area contributed by atoms with Crippen LogP contribution in [0.5, 0.6) is 0 Å². The van der Waals surface area contributed by atoms with Crippen LogP contribution >= 0.6 is 0 Å². The van der Waals surface area contributed by atoms with Crippen molar-refractivity contribution in [1.29, 1.82) is 0 Å². The zero-order chi connectivity index (χ0) is 13.5. The van der Waals surface area contributed by atoms with Crippen LogP contribution in [0.25, 0.3) is 6.08 Å². The molecule has 0 N–H and O–H groups in total. The summed E-state index contributed by atoms with van der Waals surface area (Å²) in [6.45, 7) is 0. The summed E-state index contributed by atoms with van der Waals surface area (Å²) in [7, 11) is 0. The lowest BCUT2D eigenvalue weighted by Crippen LogP contribution is -2.21. The Morgan fingerprint density at radius 1 is 1.00 bits per heavy atom. The molecule has 0 heterocycles. The highest BCUT2D eigenvalue weighted by atomic mass is 16.4. The molecule has 0 saturated heterocycles. The third kappa shape index (κ3) is 4.11. The molecule has 0 amide bonds. The van der Waals surface area contributed by atoms with Crippen molar-refractivity contribution in [1.82, 2.24) is 0 Å². The number of carbonyl (C=O) groups is 1. The second-order valence-corrected chi connectivity index (χ2v) is 4.34. The van der Waals surface area contributed by atoms with E-state index in [1.807, 2.05) is 24.3 Å². The number of aryl methyl sites for hydroxylation is 1. The van der Waals surface area contributed by atoms with Crippen LogP contribution in [-0.4, -0.2) is 5.97 Å². The van der Waals surface area contributed by atoms with E-state index in [4.69, 9.17) is 0 Å². The zero-order valence-electron chi connectivity index (χ0n) is 10.6. The molecule has 0 unspecified atom stereocenters. The van der Waals surface area contributed by atoms with Crippen molar-refractivity contribution >= 4 is 12.0 Å². The Morgan fingerprint density at radius 3 is 2.32 bits per heavy atom. The largest absolute Gasteiger partial charge is 0.545 e. The maximum Gasteiger partial charge on any atom is 0.0715 e. The predicted molar refractivity (Wildman–Crippen MR) is 74.6 cm³/mol. The normalized spacial score (nSPS) is 10.7. The fraction of sp³-hybridized carbons (Fsp3) is 0.118. The average molecular weight is 251 g/mol. The molecule has 19 heavy (non-hydrogen) atoms. The van der Waals surface area contributed by atoms with Crippen molar-refractivity contribution in [2.75, 3.05) is 0 Å². The Hall–Kier alpha value is -2.35. The van der Waals surface area contributed by atoms with E-state index in [1.165, 1.54) is 5.56 Å². The topological polar surface area (TPSA) is 40.1 Å². The Kier molecular flexibility index (Phi) is 4.51. The third-order valence-corrected chi connectivity index (χ3v) is 2.90. The van der Waals surface area contributed by atoms with Crippen LogP contribution in [0.3, 0.4) is 0 Å². The molecule has 0 spiro atoms. The molecule has 0 aliphatic carbocycles. The van der Waals surface area contributed by atoms with Crippen molar-refractivity contribution in [3.05, 3.63) is 77.4 Å². The quantitative estimate of drug-likeness (QED) is 0.819. The van der Waals surface area contributed by atoms with Gasteiger partial charge in [-0.05, 0) is 29.5 Å². The monoisotopic (exact) mass is 251 g/mol. The van der Waals surface area contributed by atoms with Gasteiger partial charge in [-0.3, -0.25) is 0 Å². The van der Waals surface area contributed by atoms with Gasteiger partial charge >= 0.3 is 0 Å². The van der Waals surface area contributed by atoms with E-state index in [2.05, 4.69) is 18.2 Å². The Bertz CT molecular complexity index is 554. The zero-order valence-corrected chi connectivity index (χ0v) is 10.6. The van der Waals surface area contributed by atoms with E-state index in [1.54, 1.807) is 24.3 Å². The van der Waals surface area contributed by atoms with Crippen molar-refractivity contribution in [2.24, 2.45) is 0 Å². The van der Waals surface area contributed by atoms with Crippen LogP contribution in [-0.2, 0) is 6.42 Å². The van der Waals surface area contributed by atoms with Crippen molar-refractivity contribution in [3.8, 4) is 0 Å². The molecule has 0 aromatic heterocycles. The molecule has 2 aromatic carbocycles. The summed E-state index contributed by atoms with van der Waals surface area (Å²) in [6, 6.07) is 17.0. The van der Waals surface area contributed by atoms with E-state index in [9.17, 15) is 9.90 Å². The number of allylic oxidation sites excluding steroid dienone is 1. The minimum Gasteiger partial charge on any atom is -0.545 e. The summed E-state index contributed by atoms with van der Waals surface area (Å²) in [5, 5.41) is 10.6. The van der Waals surface area contributed by atoms with Gasteiger partial charge < -0.3 is 9.90 Å². The lowest BCUT2D eigenvalue weighted by molar-refractivity contribution is -0.255. The van der Waals surface area contributed by atoms with E-state index in [0.717, 1.165) is 18.4 Å². The summed E-state index contributed by atoms with van der Waals surface area (Å²) < 4.78 is 0. The van der Waals surface area contributed by atoms with Crippen molar-refractivity contribution < 1.29 is 9.90 Å². The maximum atomic E-state index is 10.6. The summed E-state index contributed by atoms with van der Waals surface area (Å²) >= 11 is 0. The first kappa shape index (κ1) is 13.1. The first-order chi connectivity index (χ1) is 9.25. The summed E-state index contributed by atoms with van der Waals surface area (Å²) in [4.78, 5) is 10.6. The van der Waals surface area contributed by atoms with Gasteiger partial charge in [-0.2, -0.15) is 0 Å². The van der Waals surface area contributed by atoms with E-state index < -0.39 is 5.97 Å². The molecule has 0 saturated carbocycles. The molecule has 2 rings (SSSR count). The minimum atomic E-state index is -1.14. The highest BCUT2D eigenvalue weighted by Gasteiger charge is 1.92. The first-order valence-corrected chi connectivity index (χ1v) is 6.27. The van der Waals surface area contributed by atoms with Gasteiger partial charge in [-0.15, -0.1) is 0 Å². The van der Waals surface area contributed by atoms with E-state index in [-0.39, 0.29) is 5.56 Å². The number of carboxylic acid groups (broad SMARTS) is 1. The molecule has 0 radical (unpaired) electrons. The van der Waals surface area contributed by atoms with Gasteiger partial charge in [0.05, 0.1) is 5.97 Å². The molecule has 0 atom stereocenters. The number of hydrogen-bond acceptors (Lipinski definition) is 2. The molecular formula is C17H15O2-. The van der Waals surface area contributed by atoms with Gasteiger partial charge in [-0.25, -0.2) is 0 Å². The lowest BCUT2D eigenvalue weighted by Gasteiger charge is -2.01. The second kappa shape index (κ2) is 6.55. The SMILES string of the molecule is O=C([O-])c1ccc(/C=C/CCc2ccccc2)cc1. The Balaban J connectivity index is 1.87. The molecular weight excluding hydrogens is 236 g/mol. The van der Waals surface area contributed by atoms with Crippen molar-refractivity contribution in [2.45, 2.75) is 12.8 Å². The maximum absolute atomic E-state index is 10.6. The summed E-state index contributed by atoms with van der Waals surface area (Å²) in [5.74, 6) is -1.14. The molecule has 96 valence electrons. The van der Waals surface area contributed by atoms with E-state index in [0.29, 0.717) is 0 Å². The number of rotatable bonds is 5. The van der Waals surface area contributed by atoms with Crippen LogP contribution in [0.2, 0.25) is 0 Å². The molecule has 0 fully saturated rings. The predicted octanol–water partition coefficient (Wildman–Crippen LogP) is 2.70. The third-order valence-electron chi connectivity index (χ3n) is 2.90. The van der Waals surface area contributed by atoms with Gasteiger partial charge in [-0.1, -0.05) is 66.7 Å². The fourth-order valence-corrected chi connectivity index (χ4v) is 1.84. The van der Waals surface area contributed by atoms with Gasteiger partial charge in [0.15, 0.2) is 0 Å². The molecule has 0 bridgehead atoms. The molecule has 2 aromatic rings. The number of hydrogen-bond donors (Lipinski definition) is 0. The van der Waals surface area contributed by atoms with Gasteiger partial charge in [0.2, 0.25) is 0 Å². The molecule has 2 heteroatoms. The molecule has 2 nitrogen and oxygen atoms in total. The average Bonchev–Trinajstić information content (AvgIpc) is 2.45. The van der Waals surface area contributed by atoms with Crippen LogP contribution < -0.4 is 5.11 Å². The van der Waals surface area contributed by atoms with Crippen LogP contribution in [0.1, 0.15) is 27.9 Å². The highest BCUT2D eigenvalue weighted by Crippen LogP contribution is 2.08. The Labute approximate surface area is 113 Å². The van der Waals surface area contributed by atoms with Crippen molar-refractivity contribution in [3.63, 3.8) is 0 Å². The fourth-order valence-electron chi connectivity index (χ4n) is 1.84. The van der Waals surface area contributed by atoms with Crippen LogP contribution in [0.15, 0.2) is 60.7 Å². The summed E-state index contributed by atoms with van der Waals surface area (Å²) in [6.07, 6.45) is 6.07. The van der Waals surface area contributed by atoms with Gasteiger partial charge in [0.25, 0.3) is 0 Å². The lowest BCUT2D eigenvalue weighted by atomic mass is 10.1.